The summed E-state index contributed by atoms with van der Waals surface area (Å²) in [4.78, 5) is 11.0. The van der Waals surface area contributed by atoms with Crippen LogP contribution >= 0.6 is 23.2 Å². The van der Waals surface area contributed by atoms with Crippen molar-refractivity contribution in [2.75, 3.05) is 7.11 Å². The predicted octanol–water partition coefficient (Wildman–Crippen LogP) is 3.97. The molecule has 5 nitrogen and oxygen atoms in total. The lowest BCUT2D eigenvalue weighted by Crippen LogP contribution is -2.12. The molecule has 2 rings (SSSR count). The Hall–Kier alpha value is -1.76. The number of ether oxygens (including phenoxy) is 1. The first-order chi connectivity index (χ1) is 10.8. The highest BCUT2D eigenvalue weighted by Gasteiger charge is 2.25. The van der Waals surface area contributed by atoms with Crippen LogP contribution in [0.4, 0.5) is 0 Å². The average Bonchev–Trinajstić information content (AvgIpc) is 2.46. The molecule has 0 aromatic heterocycles. The standard InChI is InChI=1S/C15H12Cl2O5S/c1-9(18)10-6-7-13(14(8-10)21-2)22-23(19,20)15-11(16)4-3-5-12(15)17/h3-8H,1-2H3. The Morgan fingerprint density at radius 3 is 2.17 bits per heavy atom. The Bertz CT molecular complexity index is 842. The molecule has 0 saturated heterocycles. The number of carbonyl (C=O) groups is 1. The van der Waals surface area contributed by atoms with Gasteiger partial charge in [-0.1, -0.05) is 29.3 Å². The summed E-state index contributed by atoms with van der Waals surface area (Å²) in [5.74, 6) is -0.162. The van der Waals surface area contributed by atoms with Crippen LogP contribution in [-0.4, -0.2) is 21.3 Å². The Balaban J connectivity index is 2.47. The summed E-state index contributed by atoms with van der Waals surface area (Å²) >= 11 is 11.8. The summed E-state index contributed by atoms with van der Waals surface area (Å²) in [5, 5.41) is -0.117. The van der Waals surface area contributed by atoms with Gasteiger partial charge in [0.2, 0.25) is 0 Å². The molecule has 0 radical (unpaired) electrons. The van der Waals surface area contributed by atoms with Crippen molar-refractivity contribution in [1.82, 2.24) is 0 Å². The van der Waals surface area contributed by atoms with Crippen LogP contribution in [0.1, 0.15) is 17.3 Å². The van der Waals surface area contributed by atoms with Crippen LogP contribution in [-0.2, 0) is 10.1 Å². The molecule has 122 valence electrons. The van der Waals surface area contributed by atoms with Gasteiger partial charge in [-0.15, -0.1) is 0 Å². The highest BCUT2D eigenvalue weighted by Crippen LogP contribution is 2.35. The van der Waals surface area contributed by atoms with E-state index >= 15 is 0 Å². The smallest absolute Gasteiger partial charge is 0.342 e. The lowest BCUT2D eigenvalue weighted by molar-refractivity contribution is 0.101. The van der Waals surface area contributed by atoms with E-state index in [1.54, 1.807) is 0 Å². The number of carbonyl (C=O) groups excluding carboxylic acids is 1. The van der Waals surface area contributed by atoms with E-state index in [9.17, 15) is 13.2 Å². The Labute approximate surface area is 143 Å². The van der Waals surface area contributed by atoms with Crippen LogP contribution in [0.3, 0.4) is 0 Å². The zero-order valence-corrected chi connectivity index (χ0v) is 14.5. The number of hydrogen-bond acceptors (Lipinski definition) is 5. The molecule has 2 aromatic rings. The van der Waals surface area contributed by atoms with Gasteiger partial charge in [0, 0.05) is 5.56 Å². The van der Waals surface area contributed by atoms with Crippen molar-refractivity contribution in [3.8, 4) is 11.5 Å². The summed E-state index contributed by atoms with van der Waals surface area (Å²) < 4.78 is 35.0. The summed E-state index contributed by atoms with van der Waals surface area (Å²) in [7, 11) is -2.93. The van der Waals surface area contributed by atoms with Gasteiger partial charge < -0.3 is 8.92 Å². The normalized spacial score (nSPS) is 11.1. The van der Waals surface area contributed by atoms with Crippen molar-refractivity contribution in [3.05, 3.63) is 52.0 Å². The van der Waals surface area contributed by atoms with Crippen molar-refractivity contribution >= 4 is 39.1 Å². The van der Waals surface area contributed by atoms with Gasteiger partial charge in [0.25, 0.3) is 0 Å². The van der Waals surface area contributed by atoms with Crippen LogP contribution in [0.15, 0.2) is 41.3 Å². The molecule has 0 amide bonds. The molecule has 0 atom stereocenters. The minimum Gasteiger partial charge on any atom is -0.493 e. The second-order valence-electron chi connectivity index (χ2n) is 4.51. The van der Waals surface area contributed by atoms with Gasteiger partial charge in [-0.3, -0.25) is 4.79 Å². The van der Waals surface area contributed by atoms with Crippen LogP contribution in [0.25, 0.3) is 0 Å². The molecule has 0 heterocycles. The lowest BCUT2D eigenvalue weighted by atomic mass is 10.1. The third kappa shape index (κ3) is 3.77. The van der Waals surface area contributed by atoms with Gasteiger partial charge in [-0.25, -0.2) is 0 Å². The first-order valence-electron chi connectivity index (χ1n) is 6.33. The maximum atomic E-state index is 12.4. The number of halogens is 2. The van der Waals surface area contributed by atoms with E-state index in [1.807, 2.05) is 0 Å². The van der Waals surface area contributed by atoms with Crippen molar-refractivity contribution in [1.29, 1.82) is 0 Å². The maximum Gasteiger partial charge on any atom is 0.342 e. The van der Waals surface area contributed by atoms with Crippen LogP contribution < -0.4 is 8.92 Å². The number of benzene rings is 2. The van der Waals surface area contributed by atoms with Crippen molar-refractivity contribution < 1.29 is 22.1 Å². The zero-order valence-electron chi connectivity index (χ0n) is 12.2. The first-order valence-corrected chi connectivity index (χ1v) is 8.50. The van der Waals surface area contributed by atoms with Crippen molar-refractivity contribution in [3.63, 3.8) is 0 Å². The fraction of sp³-hybridized carbons (Fsp3) is 0.133. The van der Waals surface area contributed by atoms with E-state index in [0.29, 0.717) is 5.56 Å². The third-order valence-electron chi connectivity index (χ3n) is 2.94. The summed E-state index contributed by atoms with van der Waals surface area (Å²) in [6.07, 6.45) is 0. The maximum absolute atomic E-state index is 12.4. The quantitative estimate of drug-likeness (QED) is 0.584. The highest BCUT2D eigenvalue weighted by atomic mass is 35.5. The number of Topliss-reactive ketones (excluding diaryl/α,β-unsaturated/α-hetero) is 1. The molecule has 8 heteroatoms. The Kier molecular flexibility index (Phi) is 5.19. The Morgan fingerprint density at radius 1 is 1.04 bits per heavy atom. The molecule has 0 aliphatic carbocycles. The minimum absolute atomic E-state index is 0.0585. The first kappa shape index (κ1) is 17.6. The van der Waals surface area contributed by atoms with Gasteiger partial charge in [0.05, 0.1) is 17.2 Å². The largest absolute Gasteiger partial charge is 0.493 e. The molecule has 2 aromatic carbocycles. The van der Waals surface area contributed by atoms with Gasteiger partial charge >= 0.3 is 10.1 Å². The molecule has 0 fully saturated rings. The summed E-state index contributed by atoms with van der Waals surface area (Å²) in [6.45, 7) is 1.38. The molecule has 0 aliphatic rings. The molecule has 0 saturated carbocycles. The number of ketones is 1. The Morgan fingerprint density at radius 2 is 1.65 bits per heavy atom. The molecule has 0 spiro atoms. The van der Waals surface area contributed by atoms with Crippen LogP contribution in [0.5, 0.6) is 11.5 Å². The predicted molar refractivity (Wildman–Crippen MR) is 87.3 cm³/mol. The van der Waals surface area contributed by atoms with Crippen LogP contribution in [0, 0.1) is 0 Å². The molecular weight excluding hydrogens is 363 g/mol. The van der Waals surface area contributed by atoms with Crippen LogP contribution in [0.2, 0.25) is 10.0 Å². The second kappa shape index (κ2) is 6.78. The molecule has 0 bridgehead atoms. The third-order valence-corrected chi connectivity index (χ3v) is 5.13. The number of methoxy groups -OCH3 is 1. The summed E-state index contributed by atoms with van der Waals surface area (Å²) in [5.41, 5.74) is 0.363. The lowest BCUT2D eigenvalue weighted by Gasteiger charge is -2.13. The molecule has 0 unspecified atom stereocenters. The van der Waals surface area contributed by atoms with Gasteiger partial charge in [-0.05, 0) is 37.3 Å². The molecule has 0 aliphatic heterocycles. The van der Waals surface area contributed by atoms with E-state index in [2.05, 4.69) is 0 Å². The van der Waals surface area contributed by atoms with E-state index in [-0.39, 0.29) is 32.2 Å². The SMILES string of the molecule is COc1cc(C(C)=O)ccc1OS(=O)(=O)c1c(Cl)cccc1Cl. The van der Waals surface area contributed by atoms with Crippen molar-refractivity contribution in [2.45, 2.75) is 11.8 Å². The second-order valence-corrected chi connectivity index (χ2v) is 6.81. The highest BCUT2D eigenvalue weighted by molar-refractivity contribution is 7.87. The molecule has 0 N–H and O–H groups in total. The van der Waals surface area contributed by atoms with Gasteiger partial charge in [0.1, 0.15) is 4.90 Å². The fourth-order valence-corrected chi connectivity index (χ4v) is 3.87. The van der Waals surface area contributed by atoms with Crippen molar-refractivity contribution in [2.24, 2.45) is 0 Å². The van der Waals surface area contributed by atoms with Gasteiger partial charge in [0.15, 0.2) is 17.3 Å². The summed E-state index contributed by atoms with van der Waals surface area (Å²) in [6, 6.07) is 8.45. The van der Waals surface area contributed by atoms with E-state index < -0.39 is 10.1 Å². The van der Waals surface area contributed by atoms with Gasteiger partial charge in [-0.2, -0.15) is 8.42 Å². The zero-order chi connectivity index (χ0) is 17.2. The fourth-order valence-electron chi connectivity index (χ4n) is 1.84. The molecular formula is C15H12Cl2O5S. The minimum atomic E-state index is -4.27. The topological polar surface area (TPSA) is 69.7 Å². The van der Waals surface area contributed by atoms with E-state index in [0.717, 1.165) is 0 Å². The van der Waals surface area contributed by atoms with E-state index in [4.69, 9.17) is 32.1 Å². The monoisotopic (exact) mass is 374 g/mol. The number of rotatable bonds is 5. The number of hydrogen-bond donors (Lipinski definition) is 0. The molecule has 23 heavy (non-hydrogen) atoms. The van der Waals surface area contributed by atoms with E-state index in [1.165, 1.54) is 50.4 Å². The average molecular weight is 375 g/mol.